The highest BCUT2D eigenvalue weighted by atomic mass is 32.2. The minimum atomic E-state index is -0.337. The third-order valence-electron chi connectivity index (χ3n) is 6.63. The summed E-state index contributed by atoms with van der Waals surface area (Å²) in [5.41, 5.74) is 1.46. The monoisotopic (exact) mass is 372 g/mol. The van der Waals surface area contributed by atoms with E-state index < -0.39 is 0 Å². The summed E-state index contributed by atoms with van der Waals surface area (Å²) in [4.78, 5) is 12.7. The fourth-order valence-corrected chi connectivity index (χ4v) is 6.01. The summed E-state index contributed by atoms with van der Waals surface area (Å²) < 4.78 is 12.2. The van der Waals surface area contributed by atoms with E-state index in [4.69, 9.17) is 9.31 Å². The zero-order valence-electron chi connectivity index (χ0n) is 16.3. The molecule has 0 N–H and O–H groups in total. The van der Waals surface area contributed by atoms with E-state index in [0.717, 1.165) is 34.4 Å². The van der Waals surface area contributed by atoms with Gasteiger partial charge in [0.2, 0.25) is 0 Å². The maximum Gasteiger partial charge on any atom is 0.494 e. The average Bonchev–Trinajstić information content (AvgIpc) is 3.02. The molecule has 0 spiro atoms. The second-order valence-electron chi connectivity index (χ2n) is 9.10. The molecule has 1 aromatic rings. The van der Waals surface area contributed by atoms with Crippen LogP contribution in [0, 0.1) is 5.92 Å². The number of benzene rings is 1. The molecule has 0 aliphatic carbocycles. The molecule has 3 heterocycles. The quantitative estimate of drug-likeness (QED) is 0.754. The van der Waals surface area contributed by atoms with E-state index in [1.165, 1.54) is 12.8 Å². The van der Waals surface area contributed by atoms with Gasteiger partial charge in [0.1, 0.15) is 5.78 Å². The van der Waals surface area contributed by atoms with Gasteiger partial charge in [-0.3, -0.25) is 4.79 Å². The molecule has 3 aliphatic heterocycles. The number of carbonyl (C=O) groups is 1. The Morgan fingerprint density at radius 2 is 1.58 bits per heavy atom. The van der Waals surface area contributed by atoms with Crippen LogP contribution < -0.4 is 5.46 Å². The van der Waals surface area contributed by atoms with Crippen LogP contribution in [-0.4, -0.2) is 34.6 Å². The number of carbonyl (C=O) groups excluding carboxylic acids is 1. The molecule has 0 aromatic heterocycles. The summed E-state index contributed by atoms with van der Waals surface area (Å²) >= 11 is 2.12. The van der Waals surface area contributed by atoms with Crippen molar-refractivity contribution in [3.05, 3.63) is 29.8 Å². The van der Waals surface area contributed by atoms with Crippen molar-refractivity contribution >= 4 is 30.1 Å². The van der Waals surface area contributed by atoms with Crippen molar-refractivity contribution in [2.45, 2.75) is 81.5 Å². The van der Waals surface area contributed by atoms with E-state index in [-0.39, 0.29) is 24.2 Å². The van der Waals surface area contributed by atoms with E-state index in [2.05, 4.69) is 51.6 Å². The van der Waals surface area contributed by atoms with Crippen molar-refractivity contribution in [3.63, 3.8) is 0 Å². The van der Waals surface area contributed by atoms with Gasteiger partial charge < -0.3 is 9.31 Å². The Hall–Kier alpha value is -0.775. The van der Waals surface area contributed by atoms with E-state index in [0.29, 0.717) is 12.2 Å². The molecule has 4 rings (SSSR count). The van der Waals surface area contributed by atoms with Crippen molar-refractivity contribution in [1.82, 2.24) is 0 Å². The summed E-state index contributed by atoms with van der Waals surface area (Å²) in [5.74, 6) is 0.696. The van der Waals surface area contributed by atoms with Gasteiger partial charge in [0.15, 0.2) is 0 Å². The fraction of sp³-hybridized carbons (Fsp3) is 0.667. The zero-order chi connectivity index (χ0) is 18.5. The van der Waals surface area contributed by atoms with Gasteiger partial charge in [-0.2, -0.15) is 11.8 Å². The van der Waals surface area contributed by atoms with E-state index in [1.54, 1.807) is 0 Å². The van der Waals surface area contributed by atoms with Crippen molar-refractivity contribution in [2.75, 3.05) is 0 Å². The van der Waals surface area contributed by atoms with Crippen LogP contribution in [-0.2, 0) is 20.5 Å². The predicted octanol–water partition coefficient (Wildman–Crippen LogP) is 3.77. The molecule has 0 amide bonds. The molecule has 140 valence electrons. The first-order valence-electron chi connectivity index (χ1n) is 9.86. The molecule has 2 unspecified atom stereocenters. The minimum absolute atomic E-state index is 0.275. The molecule has 0 saturated carbocycles. The maximum absolute atomic E-state index is 12.7. The molecule has 2 bridgehead atoms. The van der Waals surface area contributed by atoms with Gasteiger partial charge >= 0.3 is 7.12 Å². The molecule has 0 radical (unpaired) electrons. The maximum atomic E-state index is 12.7. The smallest absolute Gasteiger partial charge is 0.399 e. The lowest BCUT2D eigenvalue weighted by molar-refractivity contribution is -0.122. The average molecular weight is 372 g/mol. The molecular formula is C21H29BO3S. The van der Waals surface area contributed by atoms with Crippen molar-refractivity contribution in [3.8, 4) is 0 Å². The first-order valence-corrected chi connectivity index (χ1v) is 10.8. The van der Waals surface area contributed by atoms with Crippen LogP contribution in [0.1, 0.15) is 58.9 Å². The SMILES string of the molecule is CC1(C)OB(c2ccc(CC(=O)C3CC4CCC(C3)S4)cc2)OC1(C)C. The first kappa shape index (κ1) is 18.6. The molecule has 1 aromatic carbocycles. The van der Waals surface area contributed by atoms with E-state index in [9.17, 15) is 4.79 Å². The highest BCUT2D eigenvalue weighted by Crippen LogP contribution is 2.46. The molecule has 3 aliphatic rings. The molecular weight excluding hydrogens is 343 g/mol. The minimum Gasteiger partial charge on any atom is -0.399 e. The van der Waals surface area contributed by atoms with Crippen molar-refractivity contribution in [1.29, 1.82) is 0 Å². The lowest BCUT2D eigenvalue weighted by Gasteiger charge is -2.32. The molecule has 3 saturated heterocycles. The Labute approximate surface area is 161 Å². The summed E-state index contributed by atoms with van der Waals surface area (Å²) in [6, 6.07) is 8.21. The number of thioether (sulfide) groups is 1. The van der Waals surface area contributed by atoms with Gasteiger partial charge in [-0.05, 0) is 64.4 Å². The van der Waals surface area contributed by atoms with Gasteiger partial charge in [0.25, 0.3) is 0 Å². The van der Waals surface area contributed by atoms with Crippen LogP contribution in [0.15, 0.2) is 24.3 Å². The molecule has 2 atom stereocenters. The van der Waals surface area contributed by atoms with Gasteiger partial charge in [-0.25, -0.2) is 0 Å². The lowest BCUT2D eigenvalue weighted by atomic mass is 9.78. The van der Waals surface area contributed by atoms with Crippen molar-refractivity contribution in [2.24, 2.45) is 5.92 Å². The summed E-state index contributed by atoms with van der Waals surface area (Å²) in [7, 11) is -0.337. The molecule has 5 heteroatoms. The van der Waals surface area contributed by atoms with Crippen LogP contribution in [0.2, 0.25) is 0 Å². The Bertz CT molecular complexity index is 657. The normalized spacial score (nSPS) is 32.0. The zero-order valence-corrected chi connectivity index (χ0v) is 17.1. The molecule has 3 nitrogen and oxygen atoms in total. The first-order chi connectivity index (χ1) is 12.2. The highest BCUT2D eigenvalue weighted by Gasteiger charge is 2.51. The van der Waals surface area contributed by atoms with Crippen LogP contribution in [0.25, 0.3) is 0 Å². The van der Waals surface area contributed by atoms with Gasteiger partial charge in [0.05, 0.1) is 11.2 Å². The predicted molar refractivity (Wildman–Crippen MR) is 108 cm³/mol. The molecule has 3 fully saturated rings. The second kappa shape index (κ2) is 6.68. The number of rotatable bonds is 4. The standard InChI is InChI=1S/C21H29BO3S/c1-20(2)21(3,4)25-22(24-20)16-7-5-14(6-8-16)11-19(23)15-12-17-9-10-18(13-15)26-17/h5-8,15,17-18H,9-13H2,1-4H3. The largest absolute Gasteiger partial charge is 0.494 e. The van der Waals surface area contributed by atoms with Crippen molar-refractivity contribution < 1.29 is 14.1 Å². The van der Waals surface area contributed by atoms with Crippen LogP contribution >= 0.6 is 11.8 Å². The van der Waals surface area contributed by atoms with Gasteiger partial charge in [-0.1, -0.05) is 24.3 Å². The Morgan fingerprint density at radius 3 is 2.12 bits per heavy atom. The third-order valence-corrected chi connectivity index (χ3v) is 8.26. The topological polar surface area (TPSA) is 35.5 Å². The number of hydrogen-bond acceptors (Lipinski definition) is 4. The lowest BCUT2D eigenvalue weighted by Crippen LogP contribution is -2.41. The van der Waals surface area contributed by atoms with Gasteiger partial charge in [0, 0.05) is 22.8 Å². The number of ketones is 1. The second-order valence-corrected chi connectivity index (χ2v) is 10.7. The Balaban J connectivity index is 1.38. The number of Topliss-reactive ketones (excluding diaryl/α,β-unsaturated/α-hetero) is 1. The van der Waals surface area contributed by atoms with E-state index >= 15 is 0 Å². The summed E-state index contributed by atoms with van der Waals surface area (Å²) in [6.45, 7) is 8.26. The third kappa shape index (κ3) is 3.50. The van der Waals surface area contributed by atoms with Gasteiger partial charge in [-0.15, -0.1) is 0 Å². The Morgan fingerprint density at radius 1 is 1.04 bits per heavy atom. The summed E-state index contributed by atoms with van der Waals surface area (Å²) in [6.07, 6.45) is 5.35. The van der Waals surface area contributed by atoms with Crippen LogP contribution in [0.3, 0.4) is 0 Å². The Kier molecular flexibility index (Phi) is 4.77. The highest BCUT2D eigenvalue weighted by molar-refractivity contribution is 8.00. The number of hydrogen-bond donors (Lipinski definition) is 0. The van der Waals surface area contributed by atoms with E-state index in [1.807, 2.05) is 12.1 Å². The van der Waals surface area contributed by atoms with Crippen LogP contribution in [0.5, 0.6) is 0 Å². The summed E-state index contributed by atoms with van der Waals surface area (Å²) in [5, 5.41) is 1.46. The fourth-order valence-electron chi connectivity index (χ4n) is 4.24. The molecule has 26 heavy (non-hydrogen) atoms. The number of fused-ring (bicyclic) bond motifs is 2. The van der Waals surface area contributed by atoms with Crippen LogP contribution in [0.4, 0.5) is 0 Å².